The van der Waals surface area contributed by atoms with Gasteiger partial charge in [0.15, 0.2) is 5.76 Å². The van der Waals surface area contributed by atoms with Crippen molar-refractivity contribution >= 4 is 0 Å². The van der Waals surface area contributed by atoms with E-state index < -0.39 is 0 Å². The summed E-state index contributed by atoms with van der Waals surface area (Å²) in [6.07, 6.45) is 0. The van der Waals surface area contributed by atoms with Crippen LogP contribution < -0.4 is 5.73 Å². The minimum absolute atomic E-state index is 0.392. The summed E-state index contributed by atoms with van der Waals surface area (Å²) in [5, 5.41) is 8.33. The van der Waals surface area contributed by atoms with E-state index in [-0.39, 0.29) is 0 Å². The molecule has 0 unspecified atom stereocenters. The molecule has 0 saturated heterocycles. The van der Waals surface area contributed by atoms with Gasteiger partial charge in [-0.2, -0.15) is 5.10 Å². The van der Waals surface area contributed by atoms with Gasteiger partial charge >= 0.3 is 0 Å². The van der Waals surface area contributed by atoms with E-state index in [4.69, 9.17) is 10.3 Å². The molecule has 0 saturated carbocycles. The van der Waals surface area contributed by atoms with E-state index in [1.165, 1.54) is 0 Å². The van der Waals surface area contributed by atoms with Crippen LogP contribution in [0.1, 0.15) is 24.0 Å². The van der Waals surface area contributed by atoms with Crippen molar-refractivity contribution in [3.05, 3.63) is 23.1 Å². The molecule has 2 heterocycles. The predicted molar refractivity (Wildman–Crippen MR) is 60.8 cm³/mol. The molecule has 0 spiro atoms. The second-order valence-corrected chi connectivity index (χ2v) is 3.75. The smallest absolute Gasteiger partial charge is 0.170 e. The Balaban J connectivity index is 2.50. The molecular weight excluding hydrogens is 204 g/mol. The molecule has 5 nitrogen and oxygen atoms in total. The van der Waals surface area contributed by atoms with Crippen LogP contribution in [0.2, 0.25) is 0 Å². The average molecular weight is 220 g/mol. The summed E-state index contributed by atoms with van der Waals surface area (Å²) in [6, 6.07) is 1.87. The first kappa shape index (κ1) is 10.9. The van der Waals surface area contributed by atoms with Crippen molar-refractivity contribution in [1.29, 1.82) is 0 Å². The molecule has 86 valence electrons. The van der Waals surface area contributed by atoms with Crippen molar-refractivity contribution in [3.8, 4) is 11.3 Å². The largest absolute Gasteiger partial charge is 0.356 e. The zero-order valence-corrected chi connectivity index (χ0v) is 9.82. The van der Waals surface area contributed by atoms with Crippen LogP contribution in [0.3, 0.4) is 0 Å². The Morgan fingerprint density at radius 2 is 2.19 bits per heavy atom. The van der Waals surface area contributed by atoms with Crippen LogP contribution in [-0.4, -0.2) is 14.9 Å². The molecule has 2 rings (SSSR count). The number of aryl methyl sites for hydroxylation is 2. The maximum Gasteiger partial charge on any atom is 0.170 e. The van der Waals surface area contributed by atoms with Crippen LogP contribution in [0.4, 0.5) is 0 Å². The van der Waals surface area contributed by atoms with Gasteiger partial charge in [0.05, 0.1) is 17.0 Å². The Morgan fingerprint density at radius 3 is 2.69 bits per heavy atom. The lowest BCUT2D eigenvalue weighted by atomic mass is 10.1. The van der Waals surface area contributed by atoms with Crippen molar-refractivity contribution in [2.75, 3.05) is 0 Å². The van der Waals surface area contributed by atoms with Crippen molar-refractivity contribution in [2.24, 2.45) is 5.73 Å². The molecule has 0 aliphatic carbocycles. The summed E-state index contributed by atoms with van der Waals surface area (Å²) in [6.45, 7) is 7.31. The molecule has 0 aliphatic heterocycles. The van der Waals surface area contributed by atoms with Crippen molar-refractivity contribution in [2.45, 2.75) is 33.9 Å². The lowest BCUT2D eigenvalue weighted by Crippen LogP contribution is -1.98. The quantitative estimate of drug-likeness (QED) is 0.853. The monoisotopic (exact) mass is 220 g/mol. The summed E-state index contributed by atoms with van der Waals surface area (Å²) >= 11 is 0. The fourth-order valence-corrected chi connectivity index (χ4v) is 1.89. The van der Waals surface area contributed by atoms with Gasteiger partial charge in [-0.25, -0.2) is 0 Å². The number of aromatic nitrogens is 3. The van der Waals surface area contributed by atoms with Crippen LogP contribution in [-0.2, 0) is 13.1 Å². The fraction of sp³-hybridized carbons (Fsp3) is 0.455. The minimum Gasteiger partial charge on any atom is -0.356 e. The van der Waals surface area contributed by atoms with E-state index in [1.54, 1.807) is 0 Å². The third kappa shape index (κ3) is 1.63. The molecule has 2 N–H and O–H groups in total. The van der Waals surface area contributed by atoms with Crippen LogP contribution in [0.25, 0.3) is 11.3 Å². The molecule has 0 amide bonds. The second-order valence-electron chi connectivity index (χ2n) is 3.75. The molecule has 0 atom stereocenters. The van der Waals surface area contributed by atoms with E-state index in [1.807, 2.05) is 24.6 Å². The SMILES string of the molecule is CCn1nc(C)c(-c2cc(CN)no2)c1C. The van der Waals surface area contributed by atoms with Gasteiger partial charge in [-0.15, -0.1) is 0 Å². The third-order valence-corrected chi connectivity index (χ3v) is 2.70. The predicted octanol–water partition coefficient (Wildman–Crippen LogP) is 1.63. The molecule has 0 bridgehead atoms. The molecule has 16 heavy (non-hydrogen) atoms. The van der Waals surface area contributed by atoms with Gasteiger partial charge in [-0.05, 0) is 20.8 Å². The molecule has 2 aromatic rings. The highest BCUT2D eigenvalue weighted by atomic mass is 16.5. The second kappa shape index (κ2) is 4.09. The Kier molecular flexibility index (Phi) is 2.78. The zero-order chi connectivity index (χ0) is 11.7. The normalized spacial score (nSPS) is 11.0. The average Bonchev–Trinajstić information content (AvgIpc) is 2.83. The third-order valence-electron chi connectivity index (χ3n) is 2.70. The van der Waals surface area contributed by atoms with E-state index in [9.17, 15) is 0 Å². The lowest BCUT2D eigenvalue weighted by molar-refractivity contribution is 0.423. The first-order valence-corrected chi connectivity index (χ1v) is 5.37. The van der Waals surface area contributed by atoms with E-state index in [0.29, 0.717) is 6.54 Å². The lowest BCUT2D eigenvalue weighted by Gasteiger charge is -1.98. The van der Waals surface area contributed by atoms with E-state index >= 15 is 0 Å². The molecular formula is C11H16N4O. The van der Waals surface area contributed by atoms with E-state index in [0.717, 1.165) is 35.0 Å². The van der Waals surface area contributed by atoms with Gasteiger partial charge in [0.1, 0.15) is 0 Å². The first-order chi connectivity index (χ1) is 7.67. The highest BCUT2D eigenvalue weighted by Crippen LogP contribution is 2.27. The summed E-state index contributed by atoms with van der Waals surface area (Å²) < 4.78 is 7.23. The van der Waals surface area contributed by atoms with Gasteiger partial charge in [-0.1, -0.05) is 5.16 Å². The topological polar surface area (TPSA) is 69.9 Å². The maximum atomic E-state index is 5.51. The van der Waals surface area contributed by atoms with Crippen LogP contribution in [0.5, 0.6) is 0 Å². The number of rotatable bonds is 3. The zero-order valence-electron chi connectivity index (χ0n) is 9.82. The number of hydrogen-bond acceptors (Lipinski definition) is 4. The summed E-state index contributed by atoms with van der Waals surface area (Å²) in [5.74, 6) is 0.746. The molecule has 0 radical (unpaired) electrons. The first-order valence-electron chi connectivity index (χ1n) is 5.37. The summed E-state index contributed by atoms with van der Waals surface area (Å²) in [4.78, 5) is 0. The molecule has 2 aromatic heterocycles. The molecule has 5 heteroatoms. The van der Waals surface area contributed by atoms with Crippen molar-refractivity contribution < 1.29 is 4.52 Å². The standard InChI is InChI=1S/C11H16N4O/c1-4-15-8(3)11(7(2)13-15)10-5-9(6-12)14-16-10/h5H,4,6,12H2,1-3H3. The highest BCUT2D eigenvalue weighted by molar-refractivity contribution is 5.63. The Morgan fingerprint density at radius 1 is 1.44 bits per heavy atom. The van der Waals surface area contributed by atoms with Gasteiger partial charge in [0, 0.05) is 24.8 Å². The van der Waals surface area contributed by atoms with E-state index in [2.05, 4.69) is 17.2 Å². The number of nitrogens with two attached hydrogens (primary N) is 1. The number of hydrogen-bond donors (Lipinski definition) is 1. The van der Waals surface area contributed by atoms with Crippen molar-refractivity contribution in [3.63, 3.8) is 0 Å². The van der Waals surface area contributed by atoms with Crippen LogP contribution in [0, 0.1) is 13.8 Å². The molecule has 0 aromatic carbocycles. The summed E-state index contributed by atoms with van der Waals surface area (Å²) in [5.41, 5.74) is 9.34. The van der Waals surface area contributed by atoms with Gasteiger partial charge < -0.3 is 10.3 Å². The van der Waals surface area contributed by atoms with Gasteiger partial charge in [-0.3, -0.25) is 4.68 Å². The minimum atomic E-state index is 0.392. The van der Waals surface area contributed by atoms with Crippen molar-refractivity contribution in [1.82, 2.24) is 14.9 Å². The molecule has 0 aliphatic rings. The highest BCUT2D eigenvalue weighted by Gasteiger charge is 2.16. The Bertz CT molecular complexity index is 498. The fourth-order valence-electron chi connectivity index (χ4n) is 1.89. The van der Waals surface area contributed by atoms with Gasteiger partial charge in [0.25, 0.3) is 0 Å². The van der Waals surface area contributed by atoms with Gasteiger partial charge in [0.2, 0.25) is 0 Å². The number of nitrogens with zero attached hydrogens (tertiary/aromatic N) is 3. The maximum absolute atomic E-state index is 5.51. The Hall–Kier alpha value is -1.62. The summed E-state index contributed by atoms with van der Waals surface area (Å²) in [7, 11) is 0. The van der Waals surface area contributed by atoms with Crippen LogP contribution in [0.15, 0.2) is 10.6 Å². The molecule has 0 fully saturated rings. The van der Waals surface area contributed by atoms with Crippen LogP contribution >= 0.6 is 0 Å². The Labute approximate surface area is 94.2 Å².